The molecule has 1 unspecified atom stereocenters. The van der Waals surface area contributed by atoms with Crippen LogP contribution in [0.25, 0.3) is 0 Å². The van der Waals surface area contributed by atoms with Gasteiger partial charge >= 0.3 is 0 Å². The smallest absolute Gasteiger partial charge is 0.166 e. The third-order valence-electron chi connectivity index (χ3n) is 3.84. The maximum atomic E-state index is 12.1. The van der Waals surface area contributed by atoms with Gasteiger partial charge in [0.2, 0.25) is 0 Å². The highest BCUT2D eigenvalue weighted by molar-refractivity contribution is 5.99. The van der Waals surface area contributed by atoms with Gasteiger partial charge in [0.25, 0.3) is 0 Å². The first-order valence-corrected chi connectivity index (χ1v) is 7.36. The summed E-state index contributed by atoms with van der Waals surface area (Å²) in [5.74, 6) is 0.862. The number of nitrogens with zero attached hydrogens (tertiary/aromatic N) is 2. The molecule has 1 aliphatic rings. The van der Waals surface area contributed by atoms with E-state index in [9.17, 15) is 4.79 Å². The van der Waals surface area contributed by atoms with Crippen LogP contribution in [-0.4, -0.2) is 15.6 Å². The minimum Gasteiger partial charge on any atom is -0.294 e. The van der Waals surface area contributed by atoms with Crippen LogP contribution in [-0.2, 0) is 19.9 Å². The van der Waals surface area contributed by atoms with Crippen LogP contribution in [0.3, 0.4) is 0 Å². The van der Waals surface area contributed by atoms with Crippen molar-refractivity contribution in [2.24, 2.45) is 18.4 Å². The molecule has 3 heteroatoms. The Kier molecular flexibility index (Phi) is 3.84. The van der Waals surface area contributed by atoms with Crippen LogP contribution in [0.2, 0.25) is 0 Å². The molecule has 0 saturated carbocycles. The fraction of sp³-hybridized carbons (Fsp3) is 0.750. The fourth-order valence-corrected chi connectivity index (χ4v) is 3.36. The lowest BCUT2D eigenvalue weighted by Crippen LogP contribution is -2.16. The van der Waals surface area contributed by atoms with Crippen molar-refractivity contribution in [3.63, 3.8) is 0 Å². The number of aromatic nitrogens is 2. The molecule has 0 amide bonds. The topological polar surface area (TPSA) is 34.9 Å². The molecule has 0 aliphatic heterocycles. The van der Waals surface area contributed by atoms with Gasteiger partial charge < -0.3 is 0 Å². The summed E-state index contributed by atoms with van der Waals surface area (Å²) in [6.45, 7) is 9.06. The monoisotopic (exact) mass is 262 g/mol. The number of hydrogen-bond acceptors (Lipinski definition) is 2. The number of hydrogen-bond donors (Lipinski definition) is 0. The predicted molar refractivity (Wildman–Crippen MR) is 77.4 cm³/mol. The zero-order valence-electron chi connectivity index (χ0n) is 12.9. The zero-order valence-corrected chi connectivity index (χ0v) is 12.9. The second-order valence-electron chi connectivity index (χ2n) is 7.24. The molecule has 0 saturated heterocycles. The van der Waals surface area contributed by atoms with Gasteiger partial charge in [0.15, 0.2) is 5.78 Å². The van der Waals surface area contributed by atoms with Gasteiger partial charge in [0, 0.05) is 19.2 Å². The second kappa shape index (κ2) is 5.10. The normalized spacial score (nSPS) is 17.4. The number of Topliss-reactive ketones (excluding diaryl/α,β-unsaturated/α-hetero) is 1. The Hall–Kier alpha value is -1.12. The maximum absolute atomic E-state index is 12.1. The minimum absolute atomic E-state index is 0.298. The number of aryl methyl sites for hydroxylation is 1. The van der Waals surface area contributed by atoms with Crippen molar-refractivity contribution in [2.75, 3.05) is 0 Å². The molecule has 1 heterocycles. The molecule has 1 aromatic rings. The molecule has 0 N–H and O–H groups in total. The number of carbonyl (C=O) groups excluding carboxylic acids is 1. The highest BCUT2D eigenvalue weighted by Crippen LogP contribution is 2.29. The summed E-state index contributed by atoms with van der Waals surface area (Å²) in [6.07, 6.45) is 4.75. The van der Waals surface area contributed by atoms with E-state index >= 15 is 0 Å². The number of rotatable bonds is 3. The van der Waals surface area contributed by atoms with Crippen molar-refractivity contribution in [3.05, 3.63) is 17.0 Å². The molecule has 0 spiro atoms. The van der Waals surface area contributed by atoms with E-state index in [1.165, 1.54) is 0 Å². The molecule has 19 heavy (non-hydrogen) atoms. The van der Waals surface area contributed by atoms with Crippen LogP contribution in [0.1, 0.15) is 68.7 Å². The van der Waals surface area contributed by atoms with Gasteiger partial charge in [-0.15, -0.1) is 0 Å². The van der Waals surface area contributed by atoms with Crippen molar-refractivity contribution in [1.82, 2.24) is 9.78 Å². The fourth-order valence-electron chi connectivity index (χ4n) is 3.36. The van der Waals surface area contributed by atoms with E-state index in [0.29, 0.717) is 23.5 Å². The van der Waals surface area contributed by atoms with Gasteiger partial charge in [0.05, 0.1) is 11.3 Å². The Balaban J connectivity index is 2.20. The number of carbonyl (C=O) groups is 1. The van der Waals surface area contributed by atoms with Crippen LogP contribution < -0.4 is 0 Å². The summed E-state index contributed by atoms with van der Waals surface area (Å²) in [5, 5.41) is 4.61. The van der Waals surface area contributed by atoms with E-state index in [2.05, 4.69) is 32.8 Å². The molecule has 2 rings (SSSR count). The minimum atomic E-state index is 0.298. The van der Waals surface area contributed by atoms with Crippen molar-refractivity contribution >= 4 is 5.78 Å². The van der Waals surface area contributed by atoms with Crippen LogP contribution in [0.5, 0.6) is 0 Å². The van der Waals surface area contributed by atoms with Gasteiger partial charge in [0.1, 0.15) is 0 Å². The largest absolute Gasteiger partial charge is 0.294 e. The molecule has 0 aromatic carbocycles. The highest BCUT2D eigenvalue weighted by atomic mass is 16.1. The Morgan fingerprint density at radius 3 is 2.63 bits per heavy atom. The molecular formula is C16H26N2O. The molecular weight excluding hydrogens is 236 g/mol. The van der Waals surface area contributed by atoms with Crippen LogP contribution in [0.15, 0.2) is 0 Å². The van der Waals surface area contributed by atoms with Crippen molar-refractivity contribution in [2.45, 2.75) is 59.8 Å². The Morgan fingerprint density at radius 2 is 2.00 bits per heavy atom. The lowest BCUT2D eigenvalue weighted by atomic mass is 9.82. The third kappa shape index (κ3) is 3.26. The third-order valence-corrected chi connectivity index (χ3v) is 3.84. The van der Waals surface area contributed by atoms with Crippen molar-refractivity contribution in [1.29, 1.82) is 0 Å². The molecule has 1 aromatic heterocycles. The van der Waals surface area contributed by atoms with Gasteiger partial charge in [-0.3, -0.25) is 9.48 Å². The quantitative estimate of drug-likeness (QED) is 0.835. The highest BCUT2D eigenvalue weighted by Gasteiger charge is 2.27. The lowest BCUT2D eigenvalue weighted by molar-refractivity contribution is 0.0971. The van der Waals surface area contributed by atoms with E-state index in [1.807, 2.05) is 11.7 Å². The van der Waals surface area contributed by atoms with Gasteiger partial charge in [-0.2, -0.15) is 5.10 Å². The summed E-state index contributed by atoms with van der Waals surface area (Å²) in [6, 6.07) is 0. The first kappa shape index (κ1) is 14.3. The number of ketones is 1. The van der Waals surface area contributed by atoms with E-state index in [-0.39, 0.29) is 0 Å². The Labute approximate surface area is 116 Å². The molecule has 0 radical (unpaired) electrons. The summed E-state index contributed by atoms with van der Waals surface area (Å²) in [5.41, 5.74) is 3.45. The van der Waals surface area contributed by atoms with Crippen molar-refractivity contribution < 1.29 is 4.79 Å². The van der Waals surface area contributed by atoms with Crippen LogP contribution >= 0.6 is 0 Å². The maximum Gasteiger partial charge on any atom is 0.166 e. The summed E-state index contributed by atoms with van der Waals surface area (Å²) in [4.78, 5) is 12.1. The molecule has 0 bridgehead atoms. The predicted octanol–water partition coefficient (Wildman–Crippen LogP) is 3.55. The molecule has 1 atom stereocenters. The molecule has 3 nitrogen and oxygen atoms in total. The Bertz CT molecular complexity index is 480. The van der Waals surface area contributed by atoms with E-state index < -0.39 is 0 Å². The standard InChI is InChI=1S/C16H26N2O/c1-11(10-16(2,3)4)9-12-15-13(18(5)17-12)7-6-8-14(15)19/h11H,6-10H2,1-5H3. The van der Waals surface area contributed by atoms with Gasteiger partial charge in [-0.1, -0.05) is 27.7 Å². The first-order valence-electron chi connectivity index (χ1n) is 7.36. The Morgan fingerprint density at radius 1 is 1.32 bits per heavy atom. The molecule has 106 valence electrons. The van der Waals surface area contributed by atoms with Gasteiger partial charge in [-0.05, 0) is 37.0 Å². The van der Waals surface area contributed by atoms with E-state index in [0.717, 1.165) is 42.6 Å². The molecule has 1 aliphatic carbocycles. The average molecular weight is 262 g/mol. The molecule has 0 fully saturated rings. The SMILES string of the molecule is CC(Cc1nn(C)c2c1C(=O)CCC2)CC(C)(C)C. The van der Waals surface area contributed by atoms with Crippen LogP contribution in [0, 0.1) is 11.3 Å². The summed E-state index contributed by atoms with van der Waals surface area (Å²) in [7, 11) is 1.97. The van der Waals surface area contributed by atoms with E-state index in [4.69, 9.17) is 0 Å². The summed E-state index contributed by atoms with van der Waals surface area (Å²) >= 11 is 0. The second-order valence-corrected chi connectivity index (χ2v) is 7.24. The van der Waals surface area contributed by atoms with E-state index in [1.54, 1.807) is 0 Å². The summed E-state index contributed by atoms with van der Waals surface area (Å²) < 4.78 is 1.92. The van der Waals surface area contributed by atoms with Crippen LogP contribution in [0.4, 0.5) is 0 Å². The van der Waals surface area contributed by atoms with Gasteiger partial charge in [-0.25, -0.2) is 0 Å². The lowest BCUT2D eigenvalue weighted by Gasteiger charge is -2.23. The zero-order chi connectivity index (χ0) is 14.2. The average Bonchev–Trinajstić information content (AvgIpc) is 2.54. The first-order chi connectivity index (χ1) is 8.78. The number of fused-ring (bicyclic) bond motifs is 1. The van der Waals surface area contributed by atoms with Crippen molar-refractivity contribution in [3.8, 4) is 0 Å².